The van der Waals surface area contributed by atoms with Gasteiger partial charge in [-0.25, -0.2) is 0 Å². The van der Waals surface area contributed by atoms with E-state index in [-0.39, 0.29) is 17.7 Å². The molecule has 0 aliphatic carbocycles. The standard InChI is InChI=1S/C20H18N4O2/c25-19-16(15-5-1-2-6-17(15)23-19)8-10-22-20(26)18-13-14(7-9-21-18)24-11-3-4-12-24/h1-7,9,11-13,16H,8,10H2,(H,22,26)(H,23,25). The molecule has 1 unspecified atom stereocenters. The highest BCUT2D eigenvalue weighted by molar-refractivity contribution is 6.02. The highest BCUT2D eigenvalue weighted by Gasteiger charge is 2.29. The molecule has 130 valence electrons. The van der Waals surface area contributed by atoms with Crippen LogP contribution in [0.2, 0.25) is 0 Å². The summed E-state index contributed by atoms with van der Waals surface area (Å²) in [5.41, 5.74) is 3.07. The van der Waals surface area contributed by atoms with Gasteiger partial charge in [-0.3, -0.25) is 14.6 Å². The lowest BCUT2D eigenvalue weighted by Gasteiger charge is -2.10. The Morgan fingerprint density at radius 1 is 1.15 bits per heavy atom. The number of pyridine rings is 1. The summed E-state index contributed by atoms with van der Waals surface area (Å²) in [5, 5.41) is 5.73. The smallest absolute Gasteiger partial charge is 0.269 e. The topological polar surface area (TPSA) is 76.0 Å². The number of hydrogen-bond donors (Lipinski definition) is 2. The lowest BCUT2D eigenvalue weighted by molar-refractivity contribution is -0.117. The zero-order valence-electron chi connectivity index (χ0n) is 14.1. The molecule has 26 heavy (non-hydrogen) atoms. The monoisotopic (exact) mass is 346 g/mol. The second-order valence-corrected chi connectivity index (χ2v) is 6.16. The lowest BCUT2D eigenvalue weighted by atomic mass is 9.97. The number of amides is 2. The molecule has 6 heteroatoms. The highest BCUT2D eigenvalue weighted by Crippen LogP contribution is 2.33. The van der Waals surface area contributed by atoms with E-state index in [2.05, 4.69) is 15.6 Å². The average molecular weight is 346 g/mol. The second-order valence-electron chi connectivity index (χ2n) is 6.16. The Morgan fingerprint density at radius 2 is 1.96 bits per heavy atom. The van der Waals surface area contributed by atoms with Crippen LogP contribution < -0.4 is 10.6 Å². The first-order valence-electron chi connectivity index (χ1n) is 8.50. The molecule has 4 rings (SSSR count). The number of hydrogen-bond acceptors (Lipinski definition) is 3. The van der Waals surface area contributed by atoms with Crippen LogP contribution in [0, 0.1) is 0 Å². The van der Waals surface area contributed by atoms with E-state index < -0.39 is 0 Å². The summed E-state index contributed by atoms with van der Waals surface area (Å²) in [6.45, 7) is 0.403. The number of fused-ring (bicyclic) bond motifs is 1. The molecule has 0 bridgehead atoms. The van der Waals surface area contributed by atoms with E-state index >= 15 is 0 Å². The van der Waals surface area contributed by atoms with Crippen molar-refractivity contribution in [3.05, 3.63) is 78.4 Å². The van der Waals surface area contributed by atoms with E-state index in [1.54, 1.807) is 12.3 Å². The maximum Gasteiger partial charge on any atom is 0.269 e. The molecule has 3 aromatic rings. The number of aromatic nitrogens is 2. The number of nitrogens with one attached hydrogen (secondary N) is 2. The summed E-state index contributed by atoms with van der Waals surface area (Å²) >= 11 is 0. The molecule has 2 amide bonds. The first-order valence-corrected chi connectivity index (χ1v) is 8.50. The third-order valence-electron chi connectivity index (χ3n) is 4.51. The van der Waals surface area contributed by atoms with Crippen LogP contribution in [0.1, 0.15) is 28.4 Å². The normalized spacial score (nSPS) is 15.4. The highest BCUT2D eigenvalue weighted by atomic mass is 16.2. The van der Waals surface area contributed by atoms with Crippen molar-refractivity contribution in [3.8, 4) is 5.69 Å². The van der Waals surface area contributed by atoms with Gasteiger partial charge in [0, 0.05) is 36.5 Å². The van der Waals surface area contributed by atoms with Gasteiger partial charge < -0.3 is 15.2 Å². The van der Waals surface area contributed by atoms with Gasteiger partial charge in [0.1, 0.15) is 5.69 Å². The van der Waals surface area contributed by atoms with Crippen LogP contribution >= 0.6 is 0 Å². The molecule has 1 aliphatic heterocycles. The summed E-state index contributed by atoms with van der Waals surface area (Å²) in [5.74, 6) is -0.496. The Balaban J connectivity index is 1.39. The van der Waals surface area contributed by atoms with Gasteiger partial charge >= 0.3 is 0 Å². The fourth-order valence-corrected chi connectivity index (χ4v) is 3.19. The SMILES string of the molecule is O=C(NCCC1C(=O)Nc2ccccc21)c1cc(-n2cccc2)ccn1. The van der Waals surface area contributed by atoms with Gasteiger partial charge in [-0.2, -0.15) is 0 Å². The molecular formula is C20H18N4O2. The predicted octanol–water partition coefficient (Wildman–Crippen LogP) is 2.73. The summed E-state index contributed by atoms with van der Waals surface area (Å²) in [6.07, 6.45) is 5.98. The third kappa shape index (κ3) is 3.09. The lowest BCUT2D eigenvalue weighted by Crippen LogP contribution is -2.27. The molecular weight excluding hydrogens is 328 g/mol. The quantitative estimate of drug-likeness (QED) is 0.746. The van der Waals surface area contributed by atoms with Crippen LogP contribution in [0.3, 0.4) is 0 Å². The van der Waals surface area contributed by atoms with Crippen molar-refractivity contribution in [3.63, 3.8) is 0 Å². The van der Waals surface area contributed by atoms with Crippen LogP contribution in [-0.2, 0) is 4.79 Å². The predicted molar refractivity (Wildman–Crippen MR) is 98.3 cm³/mol. The van der Waals surface area contributed by atoms with Gasteiger partial charge in [0.15, 0.2) is 0 Å². The fourth-order valence-electron chi connectivity index (χ4n) is 3.19. The van der Waals surface area contributed by atoms with Gasteiger partial charge in [-0.05, 0) is 42.3 Å². The summed E-state index contributed by atoms with van der Waals surface area (Å²) in [4.78, 5) is 28.6. The molecule has 0 spiro atoms. The number of anilines is 1. The minimum absolute atomic E-state index is 0.0202. The average Bonchev–Trinajstić information content (AvgIpc) is 3.30. The second kappa shape index (κ2) is 6.84. The Morgan fingerprint density at radius 3 is 2.81 bits per heavy atom. The zero-order valence-corrected chi connectivity index (χ0v) is 14.1. The van der Waals surface area contributed by atoms with E-state index in [9.17, 15) is 9.59 Å². The number of rotatable bonds is 5. The molecule has 1 atom stereocenters. The van der Waals surface area contributed by atoms with Gasteiger partial charge in [0.25, 0.3) is 5.91 Å². The number of nitrogens with zero attached hydrogens (tertiary/aromatic N) is 2. The molecule has 0 radical (unpaired) electrons. The van der Waals surface area contributed by atoms with Gasteiger partial charge in [0.2, 0.25) is 5.91 Å². The molecule has 0 fully saturated rings. The van der Waals surface area contributed by atoms with E-state index in [1.165, 1.54) is 0 Å². The molecule has 3 heterocycles. The molecule has 0 saturated carbocycles. The van der Waals surface area contributed by atoms with E-state index in [4.69, 9.17) is 0 Å². The molecule has 1 aliphatic rings. The minimum atomic E-state index is -0.245. The number of benzene rings is 1. The summed E-state index contributed by atoms with van der Waals surface area (Å²) in [6, 6.07) is 15.1. The van der Waals surface area contributed by atoms with Crippen LogP contribution in [0.4, 0.5) is 5.69 Å². The maximum absolute atomic E-state index is 12.4. The van der Waals surface area contributed by atoms with Crippen molar-refractivity contribution < 1.29 is 9.59 Å². The first-order chi connectivity index (χ1) is 12.7. The summed E-state index contributed by atoms with van der Waals surface area (Å²) in [7, 11) is 0. The third-order valence-corrected chi connectivity index (χ3v) is 4.51. The van der Waals surface area contributed by atoms with Gasteiger partial charge in [0.05, 0.1) is 5.92 Å². The van der Waals surface area contributed by atoms with E-state index in [0.717, 1.165) is 16.9 Å². The zero-order chi connectivity index (χ0) is 17.9. The molecule has 0 saturated heterocycles. The molecule has 6 nitrogen and oxygen atoms in total. The van der Waals surface area contributed by atoms with Crippen molar-refractivity contribution in [1.29, 1.82) is 0 Å². The molecule has 1 aromatic carbocycles. The Hall–Kier alpha value is -3.41. The van der Waals surface area contributed by atoms with Crippen molar-refractivity contribution in [2.45, 2.75) is 12.3 Å². The largest absolute Gasteiger partial charge is 0.351 e. The van der Waals surface area contributed by atoms with Gasteiger partial charge in [-0.15, -0.1) is 0 Å². The van der Waals surface area contributed by atoms with Crippen LogP contribution in [0.15, 0.2) is 67.1 Å². The van der Waals surface area contributed by atoms with E-state index in [0.29, 0.717) is 18.7 Å². The van der Waals surface area contributed by atoms with E-state index in [1.807, 2.05) is 59.4 Å². The number of carbonyl (C=O) groups is 2. The molecule has 2 aromatic heterocycles. The van der Waals surface area contributed by atoms with Crippen LogP contribution in [0.5, 0.6) is 0 Å². The summed E-state index contributed by atoms with van der Waals surface area (Å²) < 4.78 is 1.91. The molecule has 2 N–H and O–H groups in total. The Kier molecular flexibility index (Phi) is 4.23. The number of para-hydroxylation sites is 1. The fraction of sp³-hybridized carbons (Fsp3) is 0.150. The van der Waals surface area contributed by atoms with Crippen molar-refractivity contribution in [2.75, 3.05) is 11.9 Å². The van der Waals surface area contributed by atoms with Gasteiger partial charge in [-0.1, -0.05) is 18.2 Å². The van der Waals surface area contributed by atoms with Crippen LogP contribution in [0.25, 0.3) is 5.69 Å². The van der Waals surface area contributed by atoms with Crippen molar-refractivity contribution in [2.24, 2.45) is 0 Å². The van der Waals surface area contributed by atoms with Crippen LogP contribution in [-0.4, -0.2) is 27.9 Å². The Labute approximate surface area is 150 Å². The van der Waals surface area contributed by atoms with Crippen molar-refractivity contribution in [1.82, 2.24) is 14.9 Å². The number of carbonyl (C=O) groups excluding carboxylic acids is 2. The van der Waals surface area contributed by atoms with Crippen molar-refractivity contribution >= 4 is 17.5 Å². The maximum atomic E-state index is 12.4. The minimum Gasteiger partial charge on any atom is -0.351 e. The first kappa shape index (κ1) is 16.1. The Bertz CT molecular complexity index is 950.